The second-order valence-corrected chi connectivity index (χ2v) is 10.1. The molecule has 1 N–H and O–H groups in total. The van der Waals surface area contributed by atoms with Crippen molar-refractivity contribution in [3.05, 3.63) is 48.4 Å². The van der Waals surface area contributed by atoms with Crippen molar-refractivity contribution in [2.45, 2.75) is 51.7 Å². The summed E-state index contributed by atoms with van der Waals surface area (Å²) in [5.41, 5.74) is 5.40. The van der Waals surface area contributed by atoms with E-state index in [-0.39, 0.29) is 6.09 Å². The van der Waals surface area contributed by atoms with Crippen LogP contribution in [0.4, 0.5) is 4.79 Å². The van der Waals surface area contributed by atoms with Gasteiger partial charge in [-0.1, -0.05) is 12.1 Å². The van der Waals surface area contributed by atoms with Gasteiger partial charge < -0.3 is 15.0 Å². The molecule has 0 aliphatic carbocycles. The Hall–Kier alpha value is -3.26. The topological polar surface area (TPSA) is 85.2 Å². The first kappa shape index (κ1) is 22.5. The predicted octanol–water partition coefficient (Wildman–Crippen LogP) is 4.44. The van der Waals surface area contributed by atoms with E-state index in [0.717, 1.165) is 60.2 Å². The van der Waals surface area contributed by atoms with Crippen molar-refractivity contribution in [1.82, 2.24) is 30.0 Å². The van der Waals surface area contributed by atoms with Crippen LogP contribution in [0.15, 0.2) is 42.9 Å². The molecule has 1 amide bonds. The van der Waals surface area contributed by atoms with Crippen molar-refractivity contribution in [2.24, 2.45) is 0 Å². The van der Waals surface area contributed by atoms with Gasteiger partial charge in [-0.2, -0.15) is 5.10 Å². The molecule has 1 fully saturated rings. The molecule has 0 atom stereocenters. The Bertz CT molecular complexity index is 1220. The molecule has 1 aromatic carbocycles. The zero-order valence-corrected chi connectivity index (χ0v) is 20.1. The number of rotatable bonds is 3. The van der Waals surface area contributed by atoms with E-state index in [1.54, 1.807) is 4.90 Å². The monoisotopic (exact) mass is 460 g/mol. The standard InChI is InChI=1S/C26H32N6O2/c1-26(2,3)34-25(33)31-12-8-18(9-13-31)19-4-5-22-23(14-19)30-24(16-28-22)20-15-29-32(17-20)21-6-10-27-11-7-21/h4-5,8,14-17,21,27H,6-7,9-13H2,1-3H3. The first-order valence-electron chi connectivity index (χ1n) is 12.1. The number of nitrogens with one attached hydrogen (secondary N) is 1. The minimum Gasteiger partial charge on any atom is -0.444 e. The summed E-state index contributed by atoms with van der Waals surface area (Å²) in [5, 5.41) is 8.00. The molecule has 8 heteroatoms. The molecule has 0 unspecified atom stereocenters. The predicted molar refractivity (Wildman–Crippen MR) is 132 cm³/mol. The van der Waals surface area contributed by atoms with Crippen LogP contribution in [0.25, 0.3) is 27.9 Å². The summed E-state index contributed by atoms with van der Waals surface area (Å²) in [4.78, 5) is 23.6. The van der Waals surface area contributed by atoms with E-state index in [1.807, 2.05) is 39.2 Å². The molecule has 1 saturated heterocycles. The van der Waals surface area contributed by atoms with Crippen LogP contribution in [0.5, 0.6) is 0 Å². The normalized spacial score (nSPS) is 17.6. The highest BCUT2D eigenvalue weighted by molar-refractivity contribution is 5.82. The van der Waals surface area contributed by atoms with Gasteiger partial charge >= 0.3 is 6.09 Å². The summed E-state index contributed by atoms with van der Waals surface area (Å²) in [5.74, 6) is 0. The van der Waals surface area contributed by atoms with Crippen LogP contribution in [0.3, 0.4) is 0 Å². The largest absolute Gasteiger partial charge is 0.444 e. The Kier molecular flexibility index (Phi) is 6.08. The van der Waals surface area contributed by atoms with Gasteiger partial charge in [-0.15, -0.1) is 0 Å². The van der Waals surface area contributed by atoms with Crippen molar-refractivity contribution in [3.63, 3.8) is 0 Å². The number of piperidine rings is 1. The number of ether oxygens (including phenoxy) is 1. The van der Waals surface area contributed by atoms with E-state index in [1.165, 1.54) is 5.57 Å². The molecule has 5 rings (SSSR count). The first-order valence-corrected chi connectivity index (χ1v) is 12.1. The summed E-state index contributed by atoms with van der Waals surface area (Å²) >= 11 is 0. The highest BCUT2D eigenvalue weighted by Crippen LogP contribution is 2.27. The average molecular weight is 461 g/mol. The van der Waals surface area contributed by atoms with Crippen molar-refractivity contribution in [1.29, 1.82) is 0 Å². The maximum Gasteiger partial charge on any atom is 0.410 e. The summed E-state index contributed by atoms with van der Waals surface area (Å²) < 4.78 is 7.57. The van der Waals surface area contributed by atoms with E-state index in [4.69, 9.17) is 9.72 Å². The Morgan fingerprint density at radius 3 is 2.68 bits per heavy atom. The van der Waals surface area contributed by atoms with Gasteiger partial charge in [0.2, 0.25) is 0 Å². The van der Waals surface area contributed by atoms with Crippen LogP contribution in [-0.4, -0.2) is 62.5 Å². The van der Waals surface area contributed by atoms with Gasteiger partial charge in [-0.05, 0) is 76.4 Å². The summed E-state index contributed by atoms with van der Waals surface area (Å²) in [6.45, 7) is 8.91. The number of fused-ring (bicyclic) bond motifs is 1. The minimum absolute atomic E-state index is 0.262. The van der Waals surface area contributed by atoms with Crippen LogP contribution in [0.2, 0.25) is 0 Å². The van der Waals surface area contributed by atoms with E-state index >= 15 is 0 Å². The SMILES string of the molecule is CC(C)(C)OC(=O)N1CC=C(c2ccc3ncc(-c4cnn(C5CCNCC5)c4)nc3c2)CC1. The highest BCUT2D eigenvalue weighted by Gasteiger charge is 2.24. The third-order valence-electron chi connectivity index (χ3n) is 6.35. The molecule has 178 valence electrons. The minimum atomic E-state index is -0.486. The van der Waals surface area contributed by atoms with Crippen molar-refractivity contribution >= 4 is 22.7 Å². The van der Waals surface area contributed by atoms with Crippen LogP contribution in [-0.2, 0) is 4.74 Å². The summed E-state index contributed by atoms with van der Waals surface area (Å²) in [6.07, 6.45) is 10.6. The third-order valence-corrected chi connectivity index (χ3v) is 6.35. The second-order valence-electron chi connectivity index (χ2n) is 10.1. The lowest BCUT2D eigenvalue weighted by molar-refractivity contribution is 0.0270. The number of carbonyl (C=O) groups is 1. The van der Waals surface area contributed by atoms with Crippen molar-refractivity contribution in [2.75, 3.05) is 26.2 Å². The van der Waals surface area contributed by atoms with Crippen LogP contribution in [0, 0.1) is 0 Å². The molecule has 2 aliphatic rings. The molecule has 34 heavy (non-hydrogen) atoms. The van der Waals surface area contributed by atoms with E-state index < -0.39 is 5.60 Å². The molecule has 8 nitrogen and oxygen atoms in total. The maximum absolute atomic E-state index is 12.4. The number of amides is 1. The molecule has 0 radical (unpaired) electrons. The average Bonchev–Trinajstić information content (AvgIpc) is 3.33. The van der Waals surface area contributed by atoms with Gasteiger partial charge in [0.25, 0.3) is 0 Å². The molecule has 4 heterocycles. The molecule has 3 aromatic rings. The van der Waals surface area contributed by atoms with E-state index in [0.29, 0.717) is 19.1 Å². The van der Waals surface area contributed by atoms with Gasteiger partial charge in [-0.3, -0.25) is 9.67 Å². The molecule has 2 aliphatic heterocycles. The van der Waals surface area contributed by atoms with Crippen molar-refractivity contribution in [3.8, 4) is 11.3 Å². The van der Waals surface area contributed by atoms with Crippen molar-refractivity contribution < 1.29 is 9.53 Å². The van der Waals surface area contributed by atoms with Gasteiger partial charge in [0.05, 0.1) is 35.2 Å². The molecule has 2 aromatic heterocycles. The number of hydrogen-bond donors (Lipinski definition) is 1. The van der Waals surface area contributed by atoms with Gasteiger partial charge in [-0.25, -0.2) is 9.78 Å². The molecule has 0 bridgehead atoms. The number of carbonyl (C=O) groups excluding carboxylic acids is 1. The smallest absolute Gasteiger partial charge is 0.410 e. The second kappa shape index (κ2) is 9.18. The maximum atomic E-state index is 12.4. The number of aromatic nitrogens is 4. The fourth-order valence-electron chi connectivity index (χ4n) is 4.52. The van der Waals surface area contributed by atoms with Gasteiger partial charge in [0.15, 0.2) is 0 Å². The Balaban J connectivity index is 1.34. The Morgan fingerprint density at radius 2 is 1.94 bits per heavy atom. The fraction of sp³-hybridized carbons (Fsp3) is 0.462. The molecular formula is C26H32N6O2. The molecule has 0 saturated carbocycles. The Labute approximate surface area is 200 Å². The quantitative estimate of drug-likeness (QED) is 0.622. The first-order chi connectivity index (χ1) is 16.4. The number of nitrogens with zero attached hydrogens (tertiary/aromatic N) is 5. The van der Waals surface area contributed by atoms with Crippen LogP contribution in [0.1, 0.15) is 51.6 Å². The fourth-order valence-corrected chi connectivity index (χ4v) is 4.52. The third kappa shape index (κ3) is 4.97. The molecule has 0 spiro atoms. The van der Waals surface area contributed by atoms with Crippen LogP contribution >= 0.6 is 0 Å². The Morgan fingerprint density at radius 1 is 1.12 bits per heavy atom. The number of hydrogen-bond acceptors (Lipinski definition) is 6. The van der Waals surface area contributed by atoms with Gasteiger partial charge in [0.1, 0.15) is 5.60 Å². The highest BCUT2D eigenvalue weighted by atomic mass is 16.6. The molecular weight excluding hydrogens is 428 g/mol. The summed E-state index contributed by atoms with van der Waals surface area (Å²) in [6, 6.07) is 6.63. The lowest BCUT2D eigenvalue weighted by atomic mass is 9.99. The lowest BCUT2D eigenvalue weighted by Crippen LogP contribution is -2.39. The van der Waals surface area contributed by atoms with Crippen LogP contribution < -0.4 is 5.32 Å². The zero-order valence-electron chi connectivity index (χ0n) is 20.1. The summed E-state index contributed by atoms with van der Waals surface area (Å²) in [7, 11) is 0. The van der Waals surface area contributed by atoms with E-state index in [2.05, 4.69) is 44.5 Å². The number of benzene rings is 1. The lowest BCUT2D eigenvalue weighted by Gasteiger charge is -2.29. The van der Waals surface area contributed by atoms with E-state index in [9.17, 15) is 4.79 Å². The zero-order chi connectivity index (χ0) is 23.7. The van der Waals surface area contributed by atoms with Gasteiger partial charge in [0, 0.05) is 24.8 Å².